The maximum absolute atomic E-state index is 12.6. The van der Waals surface area contributed by atoms with Gasteiger partial charge in [-0.2, -0.15) is 0 Å². The Morgan fingerprint density at radius 1 is 1.70 bits per heavy atom. The second-order valence-electron chi connectivity index (χ2n) is 2.52. The first-order valence-electron chi connectivity index (χ1n) is 3.38. The van der Waals surface area contributed by atoms with Crippen LogP contribution in [0.25, 0.3) is 0 Å². The standard InChI is InChI=1S/C6H11FN2S/c7-5-2-1-3-9(4-5)6(8)10/h5H,1-4H2,(H2,8,10). The van der Waals surface area contributed by atoms with Crippen LogP contribution in [0, 0.1) is 0 Å². The van der Waals surface area contributed by atoms with E-state index in [0.29, 0.717) is 18.1 Å². The zero-order chi connectivity index (χ0) is 7.56. The highest BCUT2D eigenvalue weighted by Gasteiger charge is 2.18. The molecule has 0 bridgehead atoms. The summed E-state index contributed by atoms with van der Waals surface area (Å²) in [5.41, 5.74) is 5.32. The first kappa shape index (κ1) is 7.72. The second-order valence-corrected chi connectivity index (χ2v) is 2.94. The van der Waals surface area contributed by atoms with Crippen molar-refractivity contribution in [2.75, 3.05) is 13.1 Å². The lowest BCUT2D eigenvalue weighted by atomic mass is 10.1. The summed E-state index contributed by atoms with van der Waals surface area (Å²) in [4.78, 5) is 1.71. The summed E-state index contributed by atoms with van der Waals surface area (Å²) in [6, 6.07) is 0. The van der Waals surface area contributed by atoms with Gasteiger partial charge < -0.3 is 10.6 Å². The van der Waals surface area contributed by atoms with E-state index in [1.807, 2.05) is 0 Å². The van der Waals surface area contributed by atoms with Crippen LogP contribution in [0.15, 0.2) is 0 Å². The minimum atomic E-state index is -0.741. The molecule has 1 saturated heterocycles. The number of thiocarbonyl (C=S) groups is 1. The van der Waals surface area contributed by atoms with Crippen molar-refractivity contribution in [2.24, 2.45) is 5.73 Å². The third-order valence-electron chi connectivity index (χ3n) is 1.68. The fraction of sp³-hybridized carbons (Fsp3) is 0.833. The number of nitrogens with zero attached hydrogens (tertiary/aromatic N) is 1. The molecule has 0 spiro atoms. The molecule has 0 radical (unpaired) electrons. The molecule has 58 valence electrons. The molecule has 0 aromatic heterocycles. The average molecular weight is 162 g/mol. The summed E-state index contributed by atoms with van der Waals surface area (Å²) >= 11 is 4.71. The van der Waals surface area contributed by atoms with E-state index in [1.54, 1.807) is 4.90 Å². The van der Waals surface area contributed by atoms with Gasteiger partial charge in [-0.3, -0.25) is 0 Å². The number of nitrogens with two attached hydrogens (primary N) is 1. The number of hydrogen-bond acceptors (Lipinski definition) is 1. The summed E-state index contributed by atoms with van der Waals surface area (Å²) in [5.74, 6) is 0. The molecule has 1 heterocycles. The van der Waals surface area contributed by atoms with Crippen molar-refractivity contribution < 1.29 is 4.39 Å². The molecule has 0 aromatic carbocycles. The molecule has 2 nitrogen and oxygen atoms in total. The summed E-state index contributed by atoms with van der Waals surface area (Å²) < 4.78 is 12.6. The van der Waals surface area contributed by atoms with E-state index in [4.69, 9.17) is 18.0 Å². The van der Waals surface area contributed by atoms with Crippen molar-refractivity contribution in [3.8, 4) is 0 Å². The van der Waals surface area contributed by atoms with Crippen LogP contribution in [-0.2, 0) is 0 Å². The van der Waals surface area contributed by atoms with Crippen LogP contribution < -0.4 is 5.73 Å². The van der Waals surface area contributed by atoms with Crippen LogP contribution in [0.3, 0.4) is 0 Å². The van der Waals surface area contributed by atoms with Crippen molar-refractivity contribution in [1.82, 2.24) is 4.90 Å². The van der Waals surface area contributed by atoms with Crippen molar-refractivity contribution in [3.63, 3.8) is 0 Å². The van der Waals surface area contributed by atoms with Gasteiger partial charge in [0.25, 0.3) is 0 Å². The number of hydrogen-bond donors (Lipinski definition) is 1. The molecule has 0 aromatic rings. The normalized spacial score (nSPS) is 26.5. The van der Waals surface area contributed by atoms with Gasteiger partial charge in [0.2, 0.25) is 0 Å². The zero-order valence-electron chi connectivity index (χ0n) is 5.72. The largest absolute Gasteiger partial charge is 0.376 e. The number of piperidine rings is 1. The van der Waals surface area contributed by atoms with Gasteiger partial charge in [0, 0.05) is 6.54 Å². The van der Waals surface area contributed by atoms with E-state index in [-0.39, 0.29) is 0 Å². The van der Waals surface area contributed by atoms with E-state index in [1.165, 1.54) is 0 Å². The maximum Gasteiger partial charge on any atom is 0.166 e. The quantitative estimate of drug-likeness (QED) is 0.531. The Hall–Kier alpha value is -0.380. The van der Waals surface area contributed by atoms with Gasteiger partial charge in [0.1, 0.15) is 6.17 Å². The summed E-state index contributed by atoms with van der Waals surface area (Å²) in [5, 5.41) is 0.322. The second kappa shape index (κ2) is 3.14. The highest BCUT2D eigenvalue weighted by molar-refractivity contribution is 7.80. The number of halogens is 1. The van der Waals surface area contributed by atoms with E-state index in [2.05, 4.69) is 0 Å². The highest BCUT2D eigenvalue weighted by atomic mass is 32.1. The van der Waals surface area contributed by atoms with Gasteiger partial charge in [0.05, 0.1) is 6.54 Å². The van der Waals surface area contributed by atoms with Crippen molar-refractivity contribution in [2.45, 2.75) is 19.0 Å². The molecular weight excluding hydrogens is 151 g/mol. The molecule has 2 N–H and O–H groups in total. The first-order chi connectivity index (χ1) is 4.70. The Morgan fingerprint density at radius 2 is 2.40 bits per heavy atom. The smallest absolute Gasteiger partial charge is 0.166 e. The first-order valence-corrected chi connectivity index (χ1v) is 3.79. The zero-order valence-corrected chi connectivity index (χ0v) is 6.53. The molecule has 10 heavy (non-hydrogen) atoms. The Labute approximate surface area is 65.2 Å². The molecular formula is C6H11FN2S. The fourth-order valence-electron chi connectivity index (χ4n) is 1.13. The average Bonchev–Trinajstić information content (AvgIpc) is 1.88. The van der Waals surface area contributed by atoms with Crippen molar-refractivity contribution in [1.29, 1.82) is 0 Å². The predicted octanol–water partition coefficient (Wildman–Crippen LogP) is 0.664. The minimum Gasteiger partial charge on any atom is -0.376 e. The lowest BCUT2D eigenvalue weighted by Crippen LogP contribution is -2.43. The minimum absolute atomic E-state index is 0.322. The van der Waals surface area contributed by atoms with Crippen LogP contribution in [0.1, 0.15) is 12.8 Å². The van der Waals surface area contributed by atoms with E-state index < -0.39 is 6.17 Å². The fourth-order valence-corrected chi connectivity index (χ4v) is 1.29. The highest BCUT2D eigenvalue weighted by Crippen LogP contribution is 2.11. The molecule has 1 unspecified atom stereocenters. The lowest BCUT2D eigenvalue weighted by Gasteiger charge is -2.28. The van der Waals surface area contributed by atoms with Crippen LogP contribution >= 0.6 is 12.2 Å². The molecule has 1 aliphatic rings. The molecule has 0 aliphatic carbocycles. The summed E-state index contributed by atoms with van der Waals surface area (Å²) in [6.45, 7) is 1.20. The van der Waals surface area contributed by atoms with Crippen LogP contribution in [0.5, 0.6) is 0 Å². The molecule has 1 rings (SSSR count). The maximum atomic E-state index is 12.6. The van der Waals surface area contributed by atoms with Crippen LogP contribution in [0.4, 0.5) is 4.39 Å². The van der Waals surface area contributed by atoms with E-state index in [0.717, 1.165) is 13.0 Å². The Morgan fingerprint density at radius 3 is 2.80 bits per heavy atom. The van der Waals surface area contributed by atoms with Gasteiger partial charge in [-0.15, -0.1) is 0 Å². The van der Waals surface area contributed by atoms with Crippen LogP contribution in [0.2, 0.25) is 0 Å². The number of rotatable bonds is 0. The van der Waals surface area contributed by atoms with Crippen molar-refractivity contribution >= 4 is 17.3 Å². The molecule has 0 saturated carbocycles. The third kappa shape index (κ3) is 1.80. The number of likely N-dealkylation sites (tertiary alicyclic amines) is 1. The van der Waals surface area contributed by atoms with Gasteiger partial charge >= 0.3 is 0 Å². The van der Waals surface area contributed by atoms with Crippen LogP contribution in [-0.4, -0.2) is 29.3 Å². The van der Waals surface area contributed by atoms with E-state index >= 15 is 0 Å². The van der Waals surface area contributed by atoms with Gasteiger partial charge in [-0.1, -0.05) is 0 Å². The summed E-state index contributed by atoms with van der Waals surface area (Å²) in [6.07, 6.45) is 0.771. The SMILES string of the molecule is NC(=S)N1CCCC(F)C1. The van der Waals surface area contributed by atoms with E-state index in [9.17, 15) is 4.39 Å². The predicted molar refractivity (Wildman–Crippen MR) is 42.5 cm³/mol. The molecule has 1 atom stereocenters. The van der Waals surface area contributed by atoms with Gasteiger partial charge in [-0.05, 0) is 25.1 Å². The molecule has 1 aliphatic heterocycles. The Balaban J connectivity index is 2.39. The molecule has 4 heteroatoms. The Kier molecular flexibility index (Phi) is 2.43. The molecule has 1 fully saturated rings. The van der Waals surface area contributed by atoms with Gasteiger partial charge in [0.15, 0.2) is 5.11 Å². The topological polar surface area (TPSA) is 29.3 Å². The third-order valence-corrected chi connectivity index (χ3v) is 1.93. The summed E-state index contributed by atoms with van der Waals surface area (Å²) in [7, 11) is 0. The monoisotopic (exact) mass is 162 g/mol. The lowest BCUT2D eigenvalue weighted by molar-refractivity contribution is 0.197. The number of alkyl halides is 1. The van der Waals surface area contributed by atoms with Crippen molar-refractivity contribution in [3.05, 3.63) is 0 Å². The van der Waals surface area contributed by atoms with Gasteiger partial charge in [-0.25, -0.2) is 4.39 Å². The molecule has 0 amide bonds. The Bertz CT molecular complexity index is 140.